The quantitative estimate of drug-likeness (QED) is 0.575. The Bertz CT molecular complexity index is 490. The van der Waals surface area contributed by atoms with Crippen LogP contribution in [0.3, 0.4) is 0 Å². The molecule has 1 aliphatic rings. The molecule has 3 nitrogen and oxygen atoms in total. The van der Waals surface area contributed by atoms with Gasteiger partial charge in [0, 0.05) is 0 Å². The molecule has 1 fully saturated rings. The first-order valence-corrected chi connectivity index (χ1v) is 5.22. The fraction of sp³-hybridized carbons (Fsp3) is 0.200. The van der Waals surface area contributed by atoms with Crippen molar-refractivity contribution in [3.8, 4) is 0 Å². The zero-order valence-corrected chi connectivity index (χ0v) is 9.48. The molecule has 0 aromatic heterocycles. The van der Waals surface area contributed by atoms with Crippen molar-refractivity contribution in [1.82, 2.24) is 0 Å². The second-order valence-corrected chi connectivity index (χ2v) is 4.17. The van der Waals surface area contributed by atoms with Crippen LogP contribution < -0.4 is 4.90 Å². The predicted octanol–water partition coefficient (Wildman–Crippen LogP) is 2.44. The van der Waals surface area contributed by atoms with E-state index in [1.807, 2.05) is 0 Å². The van der Waals surface area contributed by atoms with Crippen molar-refractivity contribution < 1.29 is 14.0 Å². The Balaban J connectivity index is 2.45. The summed E-state index contributed by atoms with van der Waals surface area (Å²) in [7, 11) is 0. The van der Waals surface area contributed by atoms with Gasteiger partial charge in [-0.05, 0) is 12.1 Å². The highest BCUT2D eigenvalue weighted by atomic mass is 35.5. The standard InChI is InChI=1S/C10H6Cl2FNO2/c11-6-1-2-7(10(13)9(6)12)14-4-5(15)3-8(14)16/h1-2H,3-4H2. The first-order chi connectivity index (χ1) is 7.50. The number of halogens is 3. The lowest BCUT2D eigenvalue weighted by molar-refractivity contribution is -0.121. The molecule has 1 aromatic rings. The van der Waals surface area contributed by atoms with Crippen molar-refractivity contribution in [3.63, 3.8) is 0 Å². The summed E-state index contributed by atoms with van der Waals surface area (Å²) in [5.74, 6) is -1.45. The molecule has 16 heavy (non-hydrogen) atoms. The van der Waals surface area contributed by atoms with Gasteiger partial charge in [0.1, 0.15) is 0 Å². The van der Waals surface area contributed by atoms with E-state index in [1.165, 1.54) is 12.1 Å². The number of anilines is 1. The summed E-state index contributed by atoms with van der Waals surface area (Å²) in [5, 5.41) is -0.174. The third kappa shape index (κ3) is 1.79. The van der Waals surface area contributed by atoms with Gasteiger partial charge in [0.05, 0.1) is 28.7 Å². The second kappa shape index (κ2) is 4.03. The lowest BCUT2D eigenvalue weighted by atomic mass is 10.3. The van der Waals surface area contributed by atoms with Crippen LogP contribution in [0.4, 0.5) is 10.1 Å². The van der Waals surface area contributed by atoms with E-state index in [4.69, 9.17) is 23.2 Å². The van der Waals surface area contributed by atoms with Gasteiger partial charge in [-0.25, -0.2) is 4.39 Å². The molecule has 2 rings (SSSR count). The number of amides is 1. The molecule has 0 bridgehead atoms. The first-order valence-electron chi connectivity index (χ1n) is 4.46. The highest BCUT2D eigenvalue weighted by Crippen LogP contribution is 2.33. The van der Waals surface area contributed by atoms with Crippen LogP contribution in [0.5, 0.6) is 0 Å². The minimum absolute atomic E-state index is 0.00903. The van der Waals surface area contributed by atoms with Gasteiger partial charge in [-0.3, -0.25) is 9.59 Å². The number of Topliss-reactive ketones (excluding diaryl/α,β-unsaturated/α-hetero) is 1. The Hall–Kier alpha value is -1.13. The van der Waals surface area contributed by atoms with E-state index in [2.05, 4.69) is 0 Å². The minimum atomic E-state index is -0.780. The summed E-state index contributed by atoms with van der Waals surface area (Å²) in [5.41, 5.74) is -0.00903. The molecule has 0 atom stereocenters. The molecule has 6 heteroatoms. The molecule has 0 radical (unpaired) electrons. The van der Waals surface area contributed by atoms with Crippen LogP contribution in [-0.2, 0) is 9.59 Å². The van der Waals surface area contributed by atoms with Crippen molar-refractivity contribution >= 4 is 40.6 Å². The number of carbonyl (C=O) groups is 2. The average Bonchev–Trinajstić information content (AvgIpc) is 2.55. The predicted molar refractivity (Wildman–Crippen MR) is 58.4 cm³/mol. The van der Waals surface area contributed by atoms with E-state index in [0.717, 1.165) is 4.90 Å². The van der Waals surface area contributed by atoms with E-state index < -0.39 is 11.7 Å². The summed E-state index contributed by atoms with van der Waals surface area (Å²) >= 11 is 11.2. The molecule has 0 aliphatic carbocycles. The van der Waals surface area contributed by atoms with E-state index >= 15 is 0 Å². The Morgan fingerprint density at radius 1 is 1.25 bits per heavy atom. The van der Waals surface area contributed by atoms with E-state index in [-0.39, 0.29) is 34.5 Å². The fourth-order valence-electron chi connectivity index (χ4n) is 1.53. The lowest BCUT2D eigenvalue weighted by Gasteiger charge is -2.16. The Kier molecular flexibility index (Phi) is 2.86. The molecule has 1 amide bonds. The summed E-state index contributed by atoms with van der Waals surface area (Å²) in [6.07, 6.45) is -0.195. The molecular formula is C10H6Cl2FNO2. The summed E-state index contributed by atoms with van der Waals surface area (Å²) in [6.45, 7) is -0.117. The van der Waals surface area contributed by atoms with Crippen molar-refractivity contribution in [2.75, 3.05) is 11.4 Å². The van der Waals surface area contributed by atoms with Crippen LogP contribution in [0, 0.1) is 5.82 Å². The highest BCUT2D eigenvalue weighted by Gasteiger charge is 2.31. The molecular weight excluding hydrogens is 256 g/mol. The van der Waals surface area contributed by atoms with Gasteiger partial charge >= 0.3 is 0 Å². The third-order valence-corrected chi connectivity index (χ3v) is 3.07. The molecule has 1 aliphatic heterocycles. The molecule has 1 heterocycles. The monoisotopic (exact) mass is 261 g/mol. The third-order valence-electron chi connectivity index (χ3n) is 2.29. The molecule has 0 spiro atoms. The van der Waals surface area contributed by atoms with Gasteiger partial charge in [0.2, 0.25) is 5.91 Å². The smallest absolute Gasteiger partial charge is 0.235 e. The van der Waals surface area contributed by atoms with Crippen molar-refractivity contribution in [2.45, 2.75) is 6.42 Å². The zero-order valence-electron chi connectivity index (χ0n) is 7.97. The van der Waals surface area contributed by atoms with E-state index in [0.29, 0.717) is 0 Å². The van der Waals surface area contributed by atoms with Gasteiger partial charge in [0.15, 0.2) is 11.6 Å². The maximum atomic E-state index is 13.7. The van der Waals surface area contributed by atoms with Gasteiger partial charge < -0.3 is 4.90 Å². The number of nitrogens with zero attached hydrogens (tertiary/aromatic N) is 1. The number of benzene rings is 1. The van der Waals surface area contributed by atoms with Crippen LogP contribution in [0.25, 0.3) is 0 Å². The molecule has 84 valence electrons. The Labute approximate surface area is 101 Å². The second-order valence-electron chi connectivity index (χ2n) is 3.39. The normalized spacial score (nSPS) is 16.1. The highest BCUT2D eigenvalue weighted by molar-refractivity contribution is 6.42. The summed E-state index contributed by atoms with van der Waals surface area (Å²) < 4.78 is 13.7. The van der Waals surface area contributed by atoms with E-state index in [9.17, 15) is 14.0 Å². The van der Waals surface area contributed by atoms with Crippen LogP contribution in [-0.4, -0.2) is 18.2 Å². The van der Waals surface area contributed by atoms with Gasteiger partial charge in [-0.15, -0.1) is 0 Å². The molecule has 0 N–H and O–H groups in total. The first kappa shape index (κ1) is 11.4. The number of hydrogen-bond acceptors (Lipinski definition) is 2. The van der Waals surface area contributed by atoms with Crippen LogP contribution in [0.2, 0.25) is 10.0 Å². The Morgan fingerprint density at radius 3 is 2.50 bits per heavy atom. The van der Waals surface area contributed by atoms with Crippen molar-refractivity contribution in [1.29, 1.82) is 0 Å². The van der Waals surface area contributed by atoms with Crippen molar-refractivity contribution in [2.24, 2.45) is 0 Å². The van der Waals surface area contributed by atoms with E-state index in [1.54, 1.807) is 0 Å². The number of carbonyl (C=O) groups excluding carboxylic acids is 2. The fourth-order valence-corrected chi connectivity index (χ4v) is 1.83. The lowest BCUT2D eigenvalue weighted by Crippen LogP contribution is -2.25. The SMILES string of the molecule is O=C1CC(=O)N(c2ccc(Cl)c(Cl)c2F)C1. The van der Waals surface area contributed by atoms with Crippen LogP contribution in [0.1, 0.15) is 6.42 Å². The molecule has 1 saturated heterocycles. The molecule has 0 unspecified atom stereocenters. The topological polar surface area (TPSA) is 37.4 Å². The maximum Gasteiger partial charge on any atom is 0.235 e. The summed E-state index contributed by atoms with van der Waals surface area (Å²) in [4.78, 5) is 23.5. The number of rotatable bonds is 1. The summed E-state index contributed by atoms with van der Waals surface area (Å²) in [6, 6.07) is 2.72. The number of ketones is 1. The van der Waals surface area contributed by atoms with Gasteiger partial charge in [0.25, 0.3) is 0 Å². The Morgan fingerprint density at radius 2 is 1.94 bits per heavy atom. The number of hydrogen-bond donors (Lipinski definition) is 0. The minimum Gasteiger partial charge on any atom is -0.302 e. The van der Waals surface area contributed by atoms with Crippen LogP contribution >= 0.6 is 23.2 Å². The average molecular weight is 262 g/mol. The van der Waals surface area contributed by atoms with Gasteiger partial charge in [-0.1, -0.05) is 23.2 Å². The van der Waals surface area contributed by atoms with Gasteiger partial charge in [-0.2, -0.15) is 0 Å². The van der Waals surface area contributed by atoms with Crippen molar-refractivity contribution in [3.05, 3.63) is 28.0 Å². The zero-order chi connectivity index (χ0) is 11.9. The molecule has 1 aromatic carbocycles. The maximum absolute atomic E-state index is 13.7. The molecule has 0 saturated carbocycles. The van der Waals surface area contributed by atoms with Crippen LogP contribution in [0.15, 0.2) is 12.1 Å². The largest absolute Gasteiger partial charge is 0.302 e.